The number of carbonyl (C=O) groups is 1. The van der Waals surface area contributed by atoms with Gasteiger partial charge in [-0.05, 0) is 29.8 Å². The molecule has 0 radical (unpaired) electrons. The Morgan fingerprint density at radius 1 is 1.62 bits per heavy atom. The fraction of sp³-hybridized carbons (Fsp3) is 0.333. The number of hydrogen-bond donors (Lipinski definition) is 1. The molecule has 0 saturated heterocycles. The largest absolute Gasteiger partial charge is 0.290 e. The molecule has 0 spiro atoms. The molecule has 0 saturated carbocycles. The van der Waals surface area contributed by atoms with Crippen LogP contribution in [0.2, 0.25) is 0 Å². The SMILES string of the molecule is CCn1ncc(/C=N\NC(=O)c2c(Br)c(C)nn2C)c1F. The first kappa shape index (κ1) is 15.4. The van der Waals surface area contributed by atoms with E-state index in [4.69, 9.17) is 0 Å². The smallest absolute Gasteiger partial charge is 0.266 e. The standard InChI is InChI=1S/C12H14BrFN6O/c1-4-20-11(14)8(6-16-20)5-15-17-12(21)10-9(13)7(2)18-19(10)3/h5-6H,4H2,1-3H3,(H,17,21)/b15-5-. The summed E-state index contributed by atoms with van der Waals surface area (Å²) in [6, 6.07) is 0. The summed E-state index contributed by atoms with van der Waals surface area (Å²) in [6.45, 7) is 3.98. The van der Waals surface area contributed by atoms with E-state index in [-0.39, 0.29) is 5.56 Å². The summed E-state index contributed by atoms with van der Waals surface area (Å²) in [5.74, 6) is -0.933. The van der Waals surface area contributed by atoms with Crippen LogP contribution in [0.3, 0.4) is 0 Å². The number of halogens is 2. The zero-order valence-electron chi connectivity index (χ0n) is 11.8. The van der Waals surface area contributed by atoms with E-state index in [1.54, 1.807) is 20.9 Å². The molecule has 21 heavy (non-hydrogen) atoms. The fourth-order valence-electron chi connectivity index (χ4n) is 1.78. The van der Waals surface area contributed by atoms with Crippen LogP contribution in [0, 0.1) is 12.9 Å². The van der Waals surface area contributed by atoms with Crippen molar-refractivity contribution in [2.75, 3.05) is 0 Å². The van der Waals surface area contributed by atoms with Gasteiger partial charge in [0.1, 0.15) is 5.69 Å². The number of nitrogens with zero attached hydrogens (tertiary/aromatic N) is 5. The molecule has 9 heteroatoms. The lowest BCUT2D eigenvalue weighted by Gasteiger charge is -2.00. The van der Waals surface area contributed by atoms with Gasteiger partial charge in [-0.1, -0.05) is 0 Å². The Morgan fingerprint density at radius 2 is 2.33 bits per heavy atom. The van der Waals surface area contributed by atoms with Crippen LogP contribution < -0.4 is 5.43 Å². The highest BCUT2D eigenvalue weighted by Gasteiger charge is 2.17. The van der Waals surface area contributed by atoms with Gasteiger partial charge in [0.25, 0.3) is 5.91 Å². The minimum atomic E-state index is -0.493. The zero-order chi connectivity index (χ0) is 15.6. The van der Waals surface area contributed by atoms with Gasteiger partial charge in [0.2, 0.25) is 5.95 Å². The minimum Gasteiger partial charge on any atom is -0.266 e. The molecule has 7 nitrogen and oxygen atoms in total. The Bertz CT molecular complexity index is 705. The normalized spacial score (nSPS) is 11.3. The molecule has 0 aliphatic heterocycles. The summed E-state index contributed by atoms with van der Waals surface area (Å²) in [6.07, 6.45) is 2.56. The van der Waals surface area contributed by atoms with Crippen LogP contribution in [0.5, 0.6) is 0 Å². The fourth-order valence-corrected chi connectivity index (χ4v) is 2.30. The van der Waals surface area contributed by atoms with Crippen molar-refractivity contribution in [3.05, 3.63) is 33.6 Å². The van der Waals surface area contributed by atoms with Gasteiger partial charge in [0.15, 0.2) is 0 Å². The molecule has 0 atom stereocenters. The van der Waals surface area contributed by atoms with Crippen LogP contribution in [-0.4, -0.2) is 31.7 Å². The third kappa shape index (κ3) is 3.02. The molecule has 0 fully saturated rings. The van der Waals surface area contributed by atoms with Gasteiger partial charge in [-0.3, -0.25) is 9.48 Å². The predicted octanol–water partition coefficient (Wildman–Crippen LogP) is 1.61. The van der Waals surface area contributed by atoms with Crippen LogP contribution in [0.1, 0.15) is 28.7 Å². The first-order chi connectivity index (χ1) is 9.95. The molecular formula is C12H14BrFN6O. The summed E-state index contributed by atoms with van der Waals surface area (Å²) in [5, 5.41) is 11.7. The van der Waals surface area contributed by atoms with Crippen molar-refractivity contribution in [2.45, 2.75) is 20.4 Å². The average molecular weight is 357 g/mol. The maximum atomic E-state index is 13.7. The molecule has 0 bridgehead atoms. The van der Waals surface area contributed by atoms with E-state index in [1.165, 1.54) is 21.8 Å². The monoisotopic (exact) mass is 356 g/mol. The van der Waals surface area contributed by atoms with E-state index in [0.29, 0.717) is 22.4 Å². The number of rotatable bonds is 4. The van der Waals surface area contributed by atoms with Crippen molar-refractivity contribution in [1.29, 1.82) is 0 Å². The van der Waals surface area contributed by atoms with Crippen LogP contribution >= 0.6 is 15.9 Å². The third-order valence-corrected chi connectivity index (χ3v) is 3.78. The molecule has 2 heterocycles. The van der Waals surface area contributed by atoms with Crippen LogP contribution in [-0.2, 0) is 13.6 Å². The second-order valence-corrected chi connectivity index (χ2v) is 5.07. The van der Waals surface area contributed by atoms with Crippen LogP contribution in [0.25, 0.3) is 0 Å². The first-order valence-electron chi connectivity index (χ1n) is 6.19. The topological polar surface area (TPSA) is 77.1 Å². The molecule has 112 valence electrons. The molecule has 0 aliphatic carbocycles. The van der Waals surface area contributed by atoms with Gasteiger partial charge < -0.3 is 0 Å². The molecule has 2 aromatic heterocycles. The van der Waals surface area contributed by atoms with Gasteiger partial charge >= 0.3 is 0 Å². The summed E-state index contributed by atoms with van der Waals surface area (Å²) in [5.41, 5.74) is 3.58. The number of amides is 1. The average Bonchev–Trinajstić information content (AvgIpc) is 2.91. The van der Waals surface area contributed by atoms with Gasteiger partial charge in [0, 0.05) is 13.6 Å². The Labute approximate surface area is 129 Å². The summed E-state index contributed by atoms with van der Waals surface area (Å²) in [4.78, 5) is 12.0. The lowest BCUT2D eigenvalue weighted by molar-refractivity contribution is 0.0945. The Morgan fingerprint density at radius 3 is 2.86 bits per heavy atom. The number of hydrogen-bond acceptors (Lipinski definition) is 4. The van der Waals surface area contributed by atoms with E-state index in [0.717, 1.165) is 0 Å². The molecule has 0 unspecified atom stereocenters. The van der Waals surface area contributed by atoms with Crippen LogP contribution in [0.4, 0.5) is 4.39 Å². The van der Waals surface area contributed by atoms with Gasteiger partial charge in [-0.2, -0.15) is 19.7 Å². The van der Waals surface area contributed by atoms with Crippen molar-refractivity contribution < 1.29 is 9.18 Å². The van der Waals surface area contributed by atoms with E-state index in [1.807, 2.05) is 0 Å². The summed E-state index contributed by atoms with van der Waals surface area (Å²) >= 11 is 3.29. The quantitative estimate of drug-likeness (QED) is 0.667. The Hall–Kier alpha value is -2.03. The lowest BCUT2D eigenvalue weighted by Crippen LogP contribution is -2.21. The highest BCUT2D eigenvalue weighted by atomic mass is 79.9. The number of nitrogens with one attached hydrogen (secondary N) is 1. The van der Waals surface area contributed by atoms with E-state index < -0.39 is 11.9 Å². The Kier molecular flexibility index (Phi) is 4.51. The molecule has 1 amide bonds. The summed E-state index contributed by atoms with van der Waals surface area (Å²) < 4.78 is 16.9. The van der Waals surface area contributed by atoms with Crippen molar-refractivity contribution in [3.8, 4) is 0 Å². The third-order valence-electron chi connectivity index (χ3n) is 2.83. The molecule has 1 N–H and O–H groups in total. The Balaban J connectivity index is 2.10. The highest BCUT2D eigenvalue weighted by molar-refractivity contribution is 9.10. The molecule has 0 aliphatic rings. The highest BCUT2D eigenvalue weighted by Crippen LogP contribution is 2.19. The van der Waals surface area contributed by atoms with Crippen LogP contribution in [0.15, 0.2) is 15.8 Å². The number of aryl methyl sites for hydroxylation is 3. The van der Waals surface area contributed by atoms with E-state index >= 15 is 0 Å². The van der Waals surface area contributed by atoms with Gasteiger partial charge in [-0.25, -0.2) is 10.1 Å². The lowest BCUT2D eigenvalue weighted by atomic mass is 10.3. The van der Waals surface area contributed by atoms with Gasteiger partial charge in [-0.15, -0.1) is 0 Å². The van der Waals surface area contributed by atoms with Crippen molar-refractivity contribution in [1.82, 2.24) is 25.0 Å². The van der Waals surface area contributed by atoms with Gasteiger partial charge in [0.05, 0.1) is 28.1 Å². The van der Waals surface area contributed by atoms with Crippen molar-refractivity contribution >= 4 is 28.1 Å². The second-order valence-electron chi connectivity index (χ2n) is 4.28. The van der Waals surface area contributed by atoms with Crippen molar-refractivity contribution in [3.63, 3.8) is 0 Å². The maximum Gasteiger partial charge on any atom is 0.290 e. The van der Waals surface area contributed by atoms with Crippen molar-refractivity contribution in [2.24, 2.45) is 12.1 Å². The molecular weight excluding hydrogens is 343 g/mol. The summed E-state index contributed by atoms with van der Waals surface area (Å²) in [7, 11) is 1.65. The maximum absolute atomic E-state index is 13.7. The first-order valence-corrected chi connectivity index (χ1v) is 6.98. The molecule has 0 aromatic carbocycles. The van der Waals surface area contributed by atoms with E-state index in [9.17, 15) is 9.18 Å². The predicted molar refractivity (Wildman–Crippen MR) is 78.6 cm³/mol. The number of aromatic nitrogens is 4. The second kappa shape index (κ2) is 6.17. The number of carbonyl (C=O) groups excluding carboxylic acids is 1. The molecule has 2 rings (SSSR count). The van der Waals surface area contributed by atoms with E-state index in [2.05, 4.69) is 36.7 Å². The number of hydrazone groups is 1. The minimum absolute atomic E-state index is 0.206. The zero-order valence-corrected chi connectivity index (χ0v) is 13.3. The molecule has 2 aromatic rings.